The molecule has 2 rings (SSSR count). The van der Waals surface area contributed by atoms with Crippen LogP contribution < -0.4 is 5.32 Å². The van der Waals surface area contributed by atoms with Gasteiger partial charge in [-0.1, -0.05) is 52.8 Å². The van der Waals surface area contributed by atoms with Gasteiger partial charge in [-0.15, -0.1) is 0 Å². The third-order valence-electron chi connectivity index (χ3n) is 4.55. The van der Waals surface area contributed by atoms with Crippen molar-refractivity contribution in [1.29, 1.82) is 0 Å². The summed E-state index contributed by atoms with van der Waals surface area (Å²) in [5, 5.41) is 4.34. The van der Waals surface area contributed by atoms with Gasteiger partial charge in [-0.25, -0.2) is 0 Å². The summed E-state index contributed by atoms with van der Waals surface area (Å²) < 4.78 is 0. The quantitative estimate of drug-likeness (QED) is 0.702. The number of amides is 1. The van der Waals surface area contributed by atoms with Crippen LogP contribution in [0.4, 0.5) is 0 Å². The molecule has 0 aliphatic heterocycles. The normalized spacial score (nSPS) is 13.0. The number of para-hydroxylation sites is 1. The lowest BCUT2D eigenvalue weighted by Crippen LogP contribution is -2.28. The Labute approximate surface area is 146 Å². The molecule has 1 amide bonds. The van der Waals surface area contributed by atoms with E-state index in [-0.39, 0.29) is 11.8 Å². The van der Waals surface area contributed by atoms with Crippen LogP contribution in [0.3, 0.4) is 0 Å². The van der Waals surface area contributed by atoms with Crippen LogP contribution >= 0.6 is 0 Å². The van der Waals surface area contributed by atoms with Crippen LogP contribution in [0.2, 0.25) is 0 Å². The molecule has 0 saturated carbocycles. The molecule has 0 aliphatic rings. The molecule has 1 aromatic carbocycles. The van der Waals surface area contributed by atoms with E-state index in [0.29, 0.717) is 18.3 Å². The summed E-state index contributed by atoms with van der Waals surface area (Å²) in [7, 11) is 0. The number of rotatable bonds is 8. The van der Waals surface area contributed by atoms with Crippen LogP contribution in [0.15, 0.2) is 24.4 Å². The summed E-state index contributed by atoms with van der Waals surface area (Å²) in [5.74, 6) is 1.47. The van der Waals surface area contributed by atoms with Gasteiger partial charge in [-0.2, -0.15) is 0 Å². The molecule has 1 heterocycles. The lowest BCUT2D eigenvalue weighted by Gasteiger charge is -2.19. The minimum Gasteiger partial charge on any atom is -0.361 e. The van der Waals surface area contributed by atoms with Gasteiger partial charge < -0.3 is 10.3 Å². The van der Waals surface area contributed by atoms with Gasteiger partial charge in [0, 0.05) is 30.1 Å². The van der Waals surface area contributed by atoms with Crippen molar-refractivity contribution >= 4 is 16.8 Å². The molecule has 2 N–H and O–H groups in total. The highest BCUT2D eigenvalue weighted by molar-refractivity contribution is 5.87. The van der Waals surface area contributed by atoms with Gasteiger partial charge in [0.2, 0.25) is 5.91 Å². The number of carbonyl (C=O) groups is 1. The second kappa shape index (κ2) is 8.36. The minimum absolute atomic E-state index is 0.162. The van der Waals surface area contributed by atoms with Gasteiger partial charge in [-0.05, 0) is 41.7 Å². The third-order valence-corrected chi connectivity index (χ3v) is 4.55. The number of aryl methyl sites for hydroxylation is 1. The van der Waals surface area contributed by atoms with E-state index in [9.17, 15) is 4.79 Å². The molecule has 132 valence electrons. The zero-order chi connectivity index (χ0) is 17.7. The van der Waals surface area contributed by atoms with E-state index in [1.807, 2.05) is 0 Å². The van der Waals surface area contributed by atoms with Crippen LogP contribution in [-0.2, 0) is 11.2 Å². The number of benzene rings is 1. The van der Waals surface area contributed by atoms with E-state index < -0.39 is 0 Å². The van der Waals surface area contributed by atoms with Crippen LogP contribution in [0.5, 0.6) is 0 Å². The number of H-pyrrole nitrogens is 1. The molecule has 0 saturated heterocycles. The van der Waals surface area contributed by atoms with Gasteiger partial charge in [0.1, 0.15) is 0 Å². The van der Waals surface area contributed by atoms with Crippen LogP contribution in [0.1, 0.15) is 64.5 Å². The molecule has 0 aliphatic carbocycles. The first kappa shape index (κ1) is 18.6. The molecular formula is C21H32N2O. The van der Waals surface area contributed by atoms with E-state index in [1.165, 1.54) is 22.0 Å². The number of aromatic nitrogens is 1. The highest BCUT2D eigenvalue weighted by Crippen LogP contribution is 2.33. The summed E-state index contributed by atoms with van der Waals surface area (Å²) in [6.07, 6.45) is 4.72. The smallest absolute Gasteiger partial charge is 0.220 e. The lowest BCUT2D eigenvalue weighted by atomic mass is 9.87. The Bertz CT molecular complexity index is 670. The number of nitrogens with one attached hydrogen (secondary N) is 2. The molecule has 3 nitrogen and oxygen atoms in total. The van der Waals surface area contributed by atoms with E-state index in [0.717, 1.165) is 19.4 Å². The van der Waals surface area contributed by atoms with E-state index >= 15 is 0 Å². The topological polar surface area (TPSA) is 44.9 Å². The molecule has 2 aromatic rings. The molecule has 0 radical (unpaired) electrons. The number of hydrogen-bond donors (Lipinski definition) is 2. The highest BCUT2D eigenvalue weighted by Gasteiger charge is 2.21. The fraction of sp³-hybridized carbons (Fsp3) is 0.571. The van der Waals surface area contributed by atoms with Crippen molar-refractivity contribution in [2.24, 2.45) is 11.8 Å². The van der Waals surface area contributed by atoms with Gasteiger partial charge >= 0.3 is 0 Å². The lowest BCUT2D eigenvalue weighted by molar-refractivity contribution is -0.121. The van der Waals surface area contributed by atoms with Crippen LogP contribution in [0.25, 0.3) is 10.9 Å². The molecule has 0 spiro atoms. The first-order chi connectivity index (χ1) is 11.4. The molecule has 1 atom stereocenters. The Hall–Kier alpha value is -1.77. The number of carbonyl (C=O) groups excluding carboxylic acids is 1. The maximum absolute atomic E-state index is 12.4. The summed E-state index contributed by atoms with van der Waals surface area (Å²) in [5.41, 5.74) is 3.85. The molecule has 1 aromatic heterocycles. The second-order valence-electron chi connectivity index (χ2n) is 7.67. The predicted molar refractivity (Wildman–Crippen MR) is 102 cm³/mol. The average molecular weight is 328 g/mol. The average Bonchev–Trinajstić information content (AvgIpc) is 2.95. The maximum Gasteiger partial charge on any atom is 0.220 e. The van der Waals surface area contributed by atoms with E-state index in [1.54, 1.807) is 0 Å². The van der Waals surface area contributed by atoms with Crippen molar-refractivity contribution in [1.82, 2.24) is 10.3 Å². The summed E-state index contributed by atoms with van der Waals surface area (Å²) in [6.45, 7) is 11.6. The molecule has 1 unspecified atom stereocenters. The summed E-state index contributed by atoms with van der Waals surface area (Å²) in [6, 6.07) is 6.48. The number of aromatic amines is 1. The Kier molecular flexibility index (Phi) is 6.47. The Morgan fingerprint density at radius 2 is 1.92 bits per heavy atom. The van der Waals surface area contributed by atoms with Crippen molar-refractivity contribution in [3.8, 4) is 0 Å². The molecular weight excluding hydrogens is 296 g/mol. The van der Waals surface area contributed by atoms with E-state index in [4.69, 9.17) is 0 Å². The number of fused-ring (bicyclic) bond motifs is 1. The SMILES string of the molecule is CCc1cccc2c(C(CC(=O)NCC(C)C)CC(C)C)c[nH]c12. The standard InChI is InChI=1S/C21H32N2O/c1-6-16-8-7-9-18-19(13-23-21(16)18)17(10-14(2)3)11-20(24)22-12-15(4)5/h7-9,13-15,17,23H,6,10-12H2,1-5H3,(H,22,24). The maximum atomic E-state index is 12.4. The zero-order valence-electron chi connectivity index (χ0n) is 15.8. The Morgan fingerprint density at radius 3 is 2.54 bits per heavy atom. The van der Waals surface area contributed by atoms with Crippen molar-refractivity contribution in [2.45, 2.75) is 59.8 Å². The first-order valence-corrected chi connectivity index (χ1v) is 9.27. The van der Waals surface area contributed by atoms with Gasteiger partial charge in [0.25, 0.3) is 0 Å². The molecule has 0 fully saturated rings. The van der Waals surface area contributed by atoms with Crippen molar-refractivity contribution < 1.29 is 4.79 Å². The van der Waals surface area contributed by atoms with Crippen LogP contribution in [0, 0.1) is 11.8 Å². The largest absolute Gasteiger partial charge is 0.361 e. The van der Waals surface area contributed by atoms with Gasteiger partial charge in [-0.3, -0.25) is 4.79 Å². The van der Waals surface area contributed by atoms with Crippen molar-refractivity contribution in [3.05, 3.63) is 35.5 Å². The molecule has 0 bridgehead atoms. The Morgan fingerprint density at radius 1 is 1.17 bits per heavy atom. The highest BCUT2D eigenvalue weighted by atomic mass is 16.1. The summed E-state index contributed by atoms with van der Waals surface area (Å²) >= 11 is 0. The second-order valence-corrected chi connectivity index (χ2v) is 7.67. The Balaban J connectivity index is 2.26. The van der Waals surface area contributed by atoms with E-state index in [2.05, 4.69) is 69.3 Å². The van der Waals surface area contributed by atoms with Gasteiger partial charge in [0.15, 0.2) is 0 Å². The monoisotopic (exact) mass is 328 g/mol. The van der Waals surface area contributed by atoms with Crippen molar-refractivity contribution in [2.75, 3.05) is 6.54 Å². The fourth-order valence-electron chi connectivity index (χ4n) is 3.37. The number of hydrogen-bond acceptors (Lipinski definition) is 1. The third kappa shape index (κ3) is 4.62. The molecule has 24 heavy (non-hydrogen) atoms. The fourth-order valence-corrected chi connectivity index (χ4v) is 3.37. The minimum atomic E-state index is 0.162. The molecule has 3 heteroatoms. The van der Waals surface area contributed by atoms with Crippen LogP contribution in [-0.4, -0.2) is 17.4 Å². The predicted octanol–water partition coefficient (Wildman–Crippen LogP) is 5.02. The zero-order valence-corrected chi connectivity index (χ0v) is 15.8. The van der Waals surface area contributed by atoms with Gasteiger partial charge in [0.05, 0.1) is 0 Å². The summed E-state index contributed by atoms with van der Waals surface area (Å²) in [4.78, 5) is 15.8. The van der Waals surface area contributed by atoms with Crippen molar-refractivity contribution in [3.63, 3.8) is 0 Å². The first-order valence-electron chi connectivity index (χ1n) is 9.27.